The van der Waals surface area contributed by atoms with Crippen molar-refractivity contribution in [3.8, 4) is 0 Å². The maximum absolute atomic E-state index is 11.7. The number of aromatic nitrogens is 3. The van der Waals surface area contributed by atoms with Gasteiger partial charge in [0.15, 0.2) is 0 Å². The van der Waals surface area contributed by atoms with Gasteiger partial charge in [0.25, 0.3) is 0 Å². The summed E-state index contributed by atoms with van der Waals surface area (Å²) in [6, 6.07) is 3.72. The molecule has 0 aliphatic carbocycles. The normalized spacial score (nSPS) is 10.3. The minimum absolute atomic E-state index is 0.0697. The third kappa shape index (κ3) is 3.66. The van der Waals surface area contributed by atoms with Gasteiger partial charge in [-0.1, -0.05) is 0 Å². The van der Waals surface area contributed by atoms with Gasteiger partial charge in [0.05, 0.1) is 10.7 Å². The number of aryl methyl sites for hydroxylation is 2. The minimum Gasteiger partial charge on any atom is -0.311 e. The molecule has 2 aromatic heterocycles. The van der Waals surface area contributed by atoms with Crippen molar-refractivity contribution in [3.63, 3.8) is 0 Å². The SMILES string of the molecule is Cc1ccnc(NC(=O)CCn2cc(Br)cn2)c1. The second-order valence-corrected chi connectivity index (χ2v) is 4.85. The number of pyridine rings is 1. The minimum atomic E-state index is -0.0697. The summed E-state index contributed by atoms with van der Waals surface area (Å²) in [5.41, 5.74) is 1.07. The van der Waals surface area contributed by atoms with Crippen molar-refractivity contribution in [2.24, 2.45) is 0 Å². The van der Waals surface area contributed by atoms with E-state index in [2.05, 4.69) is 31.3 Å². The Kier molecular flexibility index (Phi) is 4.09. The monoisotopic (exact) mass is 308 g/mol. The highest BCUT2D eigenvalue weighted by Crippen LogP contribution is 2.08. The van der Waals surface area contributed by atoms with Crippen LogP contribution in [-0.4, -0.2) is 20.7 Å². The van der Waals surface area contributed by atoms with Crippen molar-refractivity contribution in [2.45, 2.75) is 19.9 Å². The van der Waals surface area contributed by atoms with Crippen molar-refractivity contribution in [1.29, 1.82) is 0 Å². The van der Waals surface area contributed by atoms with E-state index in [1.54, 1.807) is 17.1 Å². The molecule has 0 aliphatic rings. The Balaban J connectivity index is 1.85. The van der Waals surface area contributed by atoms with Crippen molar-refractivity contribution in [2.75, 3.05) is 5.32 Å². The van der Waals surface area contributed by atoms with Gasteiger partial charge in [-0.3, -0.25) is 9.48 Å². The van der Waals surface area contributed by atoms with E-state index in [1.807, 2.05) is 25.3 Å². The van der Waals surface area contributed by atoms with Crippen molar-refractivity contribution >= 4 is 27.7 Å². The van der Waals surface area contributed by atoms with E-state index in [1.165, 1.54) is 0 Å². The topological polar surface area (TPSA) is 59.8 Å². The lowest BCUT2D eigenvalue weighted by Crippen LogP contribution is -2.15. The zero-order valence-electron chi connectivity index (χ0n) is 9.93. The summed E-state index contributed by atoms with van der Waals surface area (Å²) in [6.07, 6.45) is 5.57. The van der Waals surface area contributed by atoms with E-state index in [0.29, 0.717) is 18.8 Å². The number of anilines is 1. The van der Waals surface area contributed by atoms with E-state index in [0.717, 1.165) is 10.0 Å². The van der Waals surface area contributed by atoms with Crippen LogP contribution in [0.15, 0.2) is 35.2 Å². The Hall–Kier alpha value is -1.69. The molecule has 2 heterocycles. The molecule has 0 saturated carbocycles. The average molecular weight is 309 g/mol. The second-order valence-electron chi connectivity index (χ2n) is 3.94. The lowest BCUT2D eigenvalue weighted by atomic mass is 10.3. The Morgan fingerprint density at radius 2 is 2.39 bits per heavy atom. The maximum atomic E-state index is 11.7. The van der Waals surface area contributed by atoms with Gasteiger partial charge in [0, 0.05) is 25.4 Å². The van der Waals surface area contributed by atoms with Crippen LogP contribution in [0.2, 0.25) is 0 Å². The number of hydrogen-bond donors (Lipinski definition) is 1. The molecule has 0 atom stereocenters. The van der Waals surface area contributed by atoms with Gasteiger partial charge in [-0.05, 0) is 40.5 Å². The lowest BCUT2D eigenvalue weighted by Gasteiger charge is -2.05. The van der Waals surface area contributed by atoms with Crippen LogP contribution in [0, 0.1) is 6.92 Å². The molecule has 1 amide bonds. The van der Waals surface area contributed by atoms with Crippen LogP contribution in [0.4, 0.5) is 5.82 Å². The standard InChI is InChI=1S/C12H13BrN4O/c1-9-2-4-14-11(6-9)16-12(18)3-5-17-8-10(13)7-15-17/h2,4,6-8H,3,5H2,1H3,(H,14,16,18). The van der Waals surface area contributed by atoms with Crippen LogP contribution >= 0.6 is 15.9 Å². The maximum Gasteiger partial charge on any atom is 0.227 e. The first-order valence-electron chi connectivity index (χ1n) is 5.54. The number of nitrogens with one attached hydrogen (secondary N) is 1. The molecule has 2 aromatic rings. The van der Waals surface area contributed by atoms with Crippen LogP contribution in [0.25, 0.3) is 0 Å². The molecule has 0 fully saturated rings. The number of amides is 1. The number of rotatable bonds is 4. The third-order valence-corrected chi connectivity index (χ3v) is 2.76. The van der Waals surface area contributed by atoms with Gasteiger partial charge in [-0.25, -0.2) is 4.98 Å². The number of carbonyl (C=O) groups is 1. The molecule has 2 rings (SSSR count). The molecule has 1 N–H and O–H groups in total. The zero-order chi connectivity index (χ0) is 13.0. The largest absolute Gasteiger partial charge is 0.311 e. The van der Waals surface area contributed by atoms with Crippen molar-refractivity contribution in [3.05, 3.63) is 40.8 Å². The molecule has 94 valence electrons. The number of nitrogens with zero attached hydrogens (tertiary/aromatic N) is 3. The fourth-order valence-electron chi connectivity index (χ4n) is 1.49. The van der Waals surface area contributed by atoms with Crippen LogP contribution in [0.1, 0.15) is 12.0 Å². The molecule has 0 bridgehead atoms. The summed E-state index contributed by atoms with van der Waals surface area (Å²) >= 11 is 3.31. The van der Waals surface area contributed by atoms with Gasteiger partial charge in [-0.15, -0.1) is 0 Å². The molecular formula is C12H13BrN4O. The highest BCUT2D eigenvalue weighted by molar-refractivity contribution is 9.10. The summed E-state index contributed by atoms with van der Waals surface area (Å²) in [7, 11) is 0. The fourth-order valence-corrected chi connectivity index (χ4v) is 1.81. The van der Waals surface area contributed by atoms with Gasteiger partial charge in [-0.2, -0.15) is 5.10 Å². The molecule has 5 nitrogen and oxygen atoms in total. The van der Waals surface area contributed by atoms with Crippen molar-refractivity contribution in [1.82, 2.24) is 14.8 Å². The predicted molar refractivity (Wildman–Crippen MR) is 72.1 cm³/mol. The average Bonchev–Trinajstić information content (AvgIpc) is 2.73. The third-order valence-electron chi connectivity index (χ3n) is 2.35. The lowest BCUT2D eigenvalue weighted by molar-refractivity contribution is -0.116. The molecular weight excluding hydrogens is 296 g/mol. The van der Waals surface area contributed by atoms with Crippen LogP contribution < -0.4 is 5.32 Å². The molecule has 0 spiro atoms. The summed E-state index contributed by atoms with van der Waals surface area (Å²) < 4.78 is 2.62. The van der Waals surface area contributed by atoms with E-state index in [4.69, 9.17) is 0 Å². The Bertz CT molecular complexity index is 553. The van der Waals surface area contributed by atoms with Crippen LogP contribution in [0.3, 0.4) is 0 Å². The number of halogens is 1. The fraction of sp³-hybridized carbons (Fsp3) is 0.250. The first-order chi connectivity index (χ1) is 8.63. The molecule has 6 heteroatoms. The predicted octanol–water partition coefficient (Wildman–Crippen LogP) is 2.38. The quantitative estimate of drug-likeness (QED) is 0.943. The molecule has 0 radical (unpaired) electrons. The van der Waals surface area contributed by atoms with Gasteiger partial charge in [0.1, 0.15) is 5.82 Å². The van der Waals surface area contributed by atoms with Crippen LogP contribution in [0.5, 0.6) is 0 Å². The first-order valence-corrected chi connectivity index (χ1v) is 6.33. The second kappa shape index (κ2) is 5.77. The van der Waals surface area contributed by atoms with E-state index >= 15 is 0 Å². The molecule has 18 heavy (non-hydrogen) atoms. The summed E-state index contributed by atoms with van der Waals surface area (Å²) in [5, 5.41) is 6.84. The highest BCUT2D eigenvalue weighted by Gasteiger charge is 2.04. The van der Waals surface area contributed by atoms with Crippen molar-refractivity contribution < 1.29 is 4.79 Å². The molecule has 0 aliphatic heterocycles. The summed E-state index contributed by atoms with van der Waals surface area (Å²) in [6.45, 7) is 2.50. The Morgan fingerprint density at radius 3 is 3.06 bits per heavy atom. The summed E-state index contributed by atoms with van der Waals surface area (Å²) in [5.74, 6) is 0.515. The molecule has 0 unspecified atom stereocenters. The van der Waals surface area contributed by atoms with Gasteiger partial charge < -0.3 is 5.32 Å². The number of carbonyl (C=O) groups excluding carboxylic acids is 1. The molecule has 0 aromatic carbocycles. The van der Waals surface area contributed by atoms with Gasteiger partial charge >= 0.3 is 0 Å². The Labute approximate surface area is 113 Å². The summed E-state index contributed by atoms with van der Waals surface area (Å²) in [4.78, 5) is 15.8. The first kappa shape index (κ1) is 12.8. The van der Waals surface area contributed by atoms with Gasteiger partial charge in [0.2, 0.25) is 5.91 Å². The number of hydrogen-bond acceptors (Lipinski definition) is 3. The zero-order valence-corrected chi connectivity index (χ0v) is 11.5. The highest BCUT2D eigenvalue weighted by atomic mass is 79.9. The van der Waals surface area contributed by atoms with Crippen LogP contribution in [-0.2, 0) is 11.3 Å². The van der Waals surface area contributed by atoms with E-state index in [9.17, 15) is 4.79 Å². The van der Waals surface area contributed by atoms with E-state index in [-0.39, 0.29) is 5.91 Å². The molecule has 0 saturated heterocycles. The smallest absolute Gasteiger partial charge is 0.227 e. The Morgan fingerprint density at radius 1 is 1.56 bits per heavy atom. The van der Waals surface area contributed by atoms with E-state index < -0.39 is 0 Å².